The van der Waals surface area contributed by atoms with Crippen LogP contribution in [0.5, 0.6) is 0 Å². The van der Waals surface area contributed by atoms with E-state index in [4.69, 9.17) is 4.84 Å². The molecule has 1 amide bonds. The second kappa shape index (κ2) is 4.93. The van der Waals surface area contributed by atoms with Crippen LogP contribution in [0.3, 0.4) is 0 Å². The van der Waals surface area contributed by atoms with E-state index in [0.29, 0.717) is 18.0 Å². The lowest BCUT2D eigenvalue weighted by Gasteiger charge is -2.07. The predicted octanol–water partition coefficient (Wildman–Crippen LogP) is 1.87. The Morgan fingerprint density at radius 3 is 2.89 bits per heavy atom. The number of H-pyrrole nitrogens is 1. The third-order valence-electron chi connectivity index (χ3n) is 2.85. The number of anilines is 1. The summed E-state index contributed by atoms with van der Waals surface area (Å²) in [6, 6.07) is 11.4. The fourth-order valence-corrected chi connectivity index (χ4v) is 1.88. The summed E-state index contributed by atoms with van der Waals surface area (Å²) in [6.45, 7) is 0. The van der Waals surface area contributed by atoms with E-state index in [1.807, 2.05) is 30.3 Å². The Labute approximate surface area is 109 Å². The fraction of sp³-hybridized carbons (Fsp3) is 0.154. The monoisotopic (exact) mass is 256 g/mol. The highest BCUT2D eigenvalue weighted by molar-refractivity contribution is 6.43. The van der Waals surface area contributed by atoms with Gasteiger partial charge in [0.25, 0.3) is 5.91 Å². The lowest BCUT2D eigenvalue weighted by molar-refractivity contribution is -0.110. The van der Waals surface area contributed by atoms with Gasteiger partial charge in [-0.25, -0.2) is 0 Å². The number of rotatable bonds is 3. The lowest BCUT2D eigenvalue weighted by Crippen LogP contribution is -2.22. The van der Waals surface area contributed by atoms with E-state index in [0.717, 1.165) is 5.56 Å². The van der Waals surface area contributed by atoms with Gasteiger partial charge in [0.1, 0.15) is 11.5 Å². The number of nitrogens with one attached hydrogen (secondary N) is 2. The van der Waals surface area contributed by atoms with Crippen molar-refractivity contribution in [2.45, 2.75) is 12.5 Å². The Hall–Kier alpha value is -2.63. The lowest BCUT2D eigenvalue weighted by atomic mass is 10.0. The molecule has 1 aromatic heterocycles. The topological polar surface area (TPSA) is 79.4 Å². The van der Waals surface area contributed by atoms with Crippen LogP contribution in [0.4, 0.5) is 5.82 Å². The maximum absolute atomic E-state index is 11.9. The molecule has 19 heavy (non-hydrogen) atoms. The van der Waals surface area contributed by atoms with Crippen LogP contribution in [0.25, 0.3) is 0 Å². The SMILES string of the molecule is O=C(Nc1ccn[nH]1)C1=NO[C@H](c2ccccc2)C1. The number of nitrogens with zero attached hydrogens (tertiary/aromatic N) is 2. The molecule has 2 N–H and O–H groups in total. The Balaban J connectivity index is 1.64. The number of benzene rings is 1. The molecule has 0 fully saturated rings. The number of amides is 1. The van der Waals surface area contributed by atoms with Gasteiger partial charge < -0.3 is 10.2 Å². The number of carbonyl (C=O) groups excluding carboxylic acids is 1. The summed E-state index contributed by atoms with van der Waals surface area (Å²) in [7, 11) is 0. The summed E-state index contributed by atoms with van der Waals surface area (Å²) in [4.78, 5) is 17.2. The van der Waals surface area contributed by atoms with E-state index >= 15 is 0 Å². The zero-order valence-corrected chi connectivity index (χ0v) is 10.0. The van der Waals surface area contributed by atoms with Gasteiger partial charge in [-0.3, -0.25) is 9.89 Å². The van der Waals surface area contributed by atoms with Crippen LogP contribution in [0, 0.1) is 0 Å². The van der Waals surface area contributed by atoms with Crippen LogP contribution < -0.4 is 5.32 Å². The third kappa shape index (κ3) is 2.47. The number of aromatic amines is 1. The average molecular weight is 256 g/mol. The number of carbonyl (C=O) groups is 1. The van der Waals surface area contributed by atoms with Crippen LogP contribution >= 0.6 is 0 Å². The molecule has 3 rings (SSSR count). The highest BCUT2D eigenvalue weighted by Crippen LogP contribution is 2.27. The molecule has 1 atom stereocenters. The highest BCUT2D eigenvalue weighted by atomic mass is 16.6. The van der Waals surface area contributed by atoms with Gasteiger partial charge in [-0.1, -0.05) is 35.5 Å². The zero-order valence-electron chi connectivity index (χ0n) is 10.0. The summed E-state index contributed by atoms with van der Waals surface area (Å²) in [5.74, 6) is 0.263. The van der Waals surface area contributed by atoms with Crippen molar-refractivity contribution in [2.75, 3.05) is 5.32 Å². The molecule has 96 valence electrons. The Kier molecular flexibility index (Phi) is 2.97. The van der Waals surface area contributed by atoms with Gasteiger partial charge in [-0.15, -0.1) is 0 Å². The molecule has 6 nitrogen and oxygen atoms in total. The molecule has 2 aromatic rings. The van der Waals surface area contributed by atoms with Gasteiger partial charge in [0.15, 0.2) is 6.10 Å². The van der Waals surface area contributed by atoms with Crippen molar-refractivity contribution in [3.05, 3.63) is 48.2 Å². The Morgan fingerprint density at radius 2 is 2.16 bits per heavy atom. The number of hydrogen-bond acceptors (Lipinski definition) is 4. The first-order chi connectivity index (χ1) is 9.33. The van der Waals surface area contributed by atoms with Crippen molar-refractivity contribution < 1.29 is 9.63 Å². The van der Waals surface area contributed by atoms with Crippen LogP contribution in [-0.4, -0.2) is 21.8 Å². The van der Waals surface area contributed by atoms with Gasteiger partial charge in [-0.05, 0) is 5.56 Å². The van der Waals surface area contributed by atoms with E-state index < -0.39 is 0 Å². The second-order valence-electron chi connectivity index (χ2n) is 4.17. The quantitative estimate of drug-likeness (QED) is 0.879. The largest absolute Gasteiger partial charge is 0.387 e. The van der Waals surface area contributed by atoms with Crippen molar-refractivity contribution in [3.8, 4) is 0 Å². The van der Waals surface area contributed by atoms with E-state index in [-0.39, 0.29) is 12.0 Å². The minimum atomic E-state index is -0.275. The maximum Gasteiger partial charge on any atom is 0.274 e. The van der Waals surface area contributed by atoms with Crippen molar-refractivity contribution >= 4 is 17.4 Å². The van der Waals surface area contributed by atoms with Crippen LogP contribution in [0.2, 0.25) is 0 Å². The summed E-state index contributed by atoms with van der Waals surface area (Å²) in [6.07, 6.45) is 1.84. The third-order valence-corrected chi connectivity index (χ3v) is 2.85. The van der Waals surface area contributed by atoms with Crippen LogP contribution in [-0.2, 0) is 9.63 Å². The molecule has 2 heterocycles. The molecule has 0 saturated heterocycles. The minimum Gasteiger partial charge on any atom is -0.387 e. The van der Waals surface area contributed by atoms with Crippen molar-refractivity contribution in [1.82, 2.24) is 10.2 Å². The number of oxime groups is 1. The van der Waals surface area contributed by atoms with E-state index in [2.05, 4.69) is 20.7 Å². The molecule has 0 radical (unpaired) electrons. The molecule has 6 heteroatoms. The standard InChI is InChI=1S/C13H12N4O2/c18-13(15-12-6-7-14-16-12)10-8-11(19-17-10)9-4-2-1-3-5-9/h1-7,11H,8H2,(H2,14,15,16,18)/t11-/m0/s1. The normalized spacial score (nSPS) is 17.7. The molecule has 0 saturated carbocycles. The first-order valence-electron chi connectivity index (χ1n) is 5.91. The Morgan fingerprint density at radius 1 is 1.32 bits per heavy atom. The van der Waals surface area contributed by atoms with Crippen molar-refractivity contribution in [1.29, 1.82) is 0 Å². The molecule has 1 aromatic carbocycles. The average Bonchev–Trinajstić information content (AvgIpc) is 3.10. The van der Waals surface area contributed by atoms with Gasteiger partial charge in [0.2, 0.25) is 0 Å². The minimum absolute atomic E-state index is 0.191. The fourth-order valence-electron chi connectivity index (χ4n) is 1.88. The van der Waals surface area contributed by atoms with E-state index in [1.54, 1.807) is 12.3 Å². The predicted molar refractivity (Wildman–Crippen MR) is 69.5 cm³/mol. The van der Waals surface area contributed by atoms with E-state index in [1.165, 1.54) is 0 Å². The summed E-state index contributed by atoms with van der Waals surface area (Å²) in [5.41, 5.74) is 1.39. The maximum atomic E-state index is 11.9. The first kappa shape index (κ1) is 11.5. The molecule has 1 aliphatic rings. The summed E-state index contributed by atoms with van der Waals surface area (Å²) < 4.78 is 0. The van der Waals surface area contributed by atoms with Gasteiger partial charge in [-0.2, -0.15) is 5.10 Å². The number of aromatic nitrogens is 2. The first-order valence-corrected chi connectivity index (χ1v) is 5.91. The zero-order chi connectivity index (χ0) is 13.1. The van der Waals surface area contributed by atoms with Crippen molar-refractivity contribution in [2.24, 2.45) is 5.16 Å². The molecular formula is C13H12N4O2. The van der Waals surface area contributed by atoms with Crippen LogP contribution in [0.15, 0.2) is 47.8 Å². The molecule has 1 aliphatic heterocycles. The smallest absolute Gasteiger partial charge is 0.274 e. The highest BCUT2D eigenvalue weighted by Gasteiger charge is 2.27. The van der Waals surface area contributed by atoms with Gasteiger partial charge >= 0.3 is 0 Å². The van der Waals surface area contributed by atoms with Crippen LogP contribution in [0.1, 0.15) is 18.1 Å². The molecule has 0 aliphatic carbocycles. The van der Waals surface area contributed by atoms with Gasteiger partial charge in [0.05, 0.1) is 6.20 Å². The molecule has 0 unspecified atom stereocenters. The summed E-state index contributed by atoms with van der Waals surface area (Å²) >= 11 is 0. The summed E-state index contributed by atoms with van der Waals surface area (Å²) in [5, 5.41) is 12.9. The van der Waals surface area contributed by atoms with Crippen molar-refractivity contribution in [3.63, 3.8) is 0 Å². The Bertz CT molecular complexity index is 592. The van der Waals surface area contributed by atoms with E-state index in [9.17, 15) is 4.79 Å². The second-order valence-corrected chi connectivity index (χ2v) is 4.17. The van der Waals surface area contributed by atoms with Gasteiger partial charge in [0, 0.05) is 12.5 Å². The molecule has 0 bridgehead atoms. The molecular weight excluding hydrogens is 244 g/mol. The molecule has 0 spiro atoms. The number of hydrogen-bond donors (Lipinski definition) is 2.